The summed E-state index contributed by atoms with van der Waals surface area (Å²) in [7, 11) is 0. The van der Waals surface area contributed by atoms with Gasteiger partial charge in [-0.05, 0) is 38.0 Å². The molecule has 0 aromatic carbocycles. The lowest BCUT2D eigenvalue weighted by Gasteiger charge is -2.17. The SMILES string of the molecule is CC(C)(C)CCCC(=O)C1CCCC1.CC(C=O)(C=O)C=O. The standard InChI is InChI=1S/C13H24O.C5H6O3/c1-13(2,3)10-6-9-12(14)11-7-4-5-8-11;1-5(2-6,3-7)4-8/h11H,4-10H2,1-3H3;2-4H,1H3. The Labute approximate surface area is 134 Å². The molecule has 1 saturated carbocycles. The Morgan fingerprint density at radius 2 is 1.41 bits per heavy atom. The van der Waals surface area contributed by atoms with Gasteiger partial charge in [0.1, 0.15) is 30.1 Å². The maximum atomic E-state index is 11.7. The van der Waals surface area contributed by atoms with Gasteiger partial charge in [0.25, 0.3) is 0 Å². The van der Waals surface area contributed by atoms with E-state index in [1.54, 1.807) is 0 Å². The highest BCUT2D eigenvalue weighted by molar-refractivity contribution is 6.01. The minimum atomic E-state index is -1.42. The maximum Gasteiger partial charge on any atom is 0.140 e. The number of ketones is 1. The van der Waals surface area contributed by atoms with Crippen molar-refractivity contribution in [1.29, 1.82) is 0 Å². The van der Waals surface area contributed by atoms with Crippen LogP contribution < -0.4 is 0 Å². The van der Waals surface area contributed by atoms with Crippen molar-refractivity contribution in [3.8, 4) is 0 Å². The van der Waals surface area contributed by atoms with Crippen LogP contribution in [0.15, 0.2) is 0 Å². The second-order valence-corrected chi connectivity index (χ2v) is 7.58. The molecule has 0 unspecified atom stereocenters. The van der Waals surface area contributed by atoms with Crippen LogP contribution in [0.4, 0.5) is 0 Å². The molecule has 0 aromatic rings. The zero-order valence-corrected chi connectivity index (χ0v) is 14.4. The molecule has 4 heteroatoms. The van der Waals surface area contributed by atoms with Crippen molar-refractivity contribution in [2.24, 2.45) is 16.7 Å². The molecule has 0 heterocycles. The monoisotopic (exact) mass is 310 g/mol. The summed E-state index contributed by atoms with van der Waals surface area (Å²) in [6.45, 7) is 7.98. The molecule has 0 saturated heterocycles. The molecular formula is C18H30O4. The molecule has 1 fully saturated rings. The van der Waals surface area contributed by atoms with Crippen LogP contribution in [0.25, 0.3) is 0 Å². The topological polar surface area (TPSA) is 68.3 Å². The normalized spacial score (nSPS) is 15.6. The quantitative estimate of drug-likeness (QED) is 0.532. The minimum absolute atomic E-state index is 0.312. The fourth-order valence-electron chi connectivity index (χ4n) is 2.33. The highest BCUT2D eigenvalue weighted by atomic mass is 16.2. The van der Waals surface area contributed by atoms with E-state index in [4.69, 9.17) is 0 Å². The number of carbonyl (C=O) groups excluding carboxylic acids is 4. The van der Waals surface area contributed by atoms with E-state index < -0.39 is 5.41 Å². The van der Waals surface area contributed by atoms with Crippen LogP contribution in [0.3, 0.4) is 0 Å². The second kappa shape index (κ2) is 9.65. The van der Waals surface area contributed by atoms with Crippen molar-refractivity contribution in [3.05, 3.63) is 0 Å². The van der Waals surface area contributed by atoms with Gasteiger partial charge in [0, 0.05) is 12.3 Å². The molecule has 0 amide bonds. The van der Waals surface area contributed by atoms with E-state index in [0.29, 0.717) is 36.0 Å². The van der Waals surface area contributed by atoms with Crippen molar-refractivity contribution >= 4 is 24.6 Å². The first-order valence-corrected chi connectivity index (χ1v) is 8.09. The number of hydrogen-bond donors (Lipinski definition) is 0. The van der Waals surface area contributed by atoms with Crippen molar-refractivity contribution in [2.45, 2.75) is 72.6 Å². The molecule has 126 valence electrons. The van der Waals surface area contributed by atoms with Crippen LogP contribution in [0.1, 0.15) is 72.6 Å². The van der Waals surface area contributed by atoms with Gasteiger partial charge in [0.2, 0.25) is 0 Å². The van der Waals surface area contributed by atoms with Gasteiger partial charge in [-0.1, -0.05) is 33.6 Å². The van der Waals surface area contributed by atoms with Crippen molar-refractivity contribution in [1.82, 2.24) is 0 Å². The van der Waals surface area contributed by atoms with Crippen LogP contribution in [0, 0.1) is 16.7 Å². The number of Topliss-reactive ketones (excluding diaryl/α,β-unsaturated/α-hetero) is 1. The van der Waals surface area contributed by atoms with E-state index in [1.807, 2.05) is 0 Å². The second-order valence-electron chi connectivity index (χ2n) is 7.58. The Hall–Kier alpha value is -1.32. The minimum Gasteiger partial charge on any atom is -0.302 e. The van der Waals surface area contributed by atoms with E-state index in [-0.39, 0.29) is 0 Å². The molecule has 1 aliphatic carbocycles. The van der Waals surface area contributed by atoms with Crippen molar-refractivity contribution in [3.63, 3.8) is 0 Å². The van der Waals surface area contributed by atoms with E-state index in [0.717, 1.165) is 25.7 Å². The third-order valence-electron chi connectivity index (χ3n) is 3.92. The molecule has 0 spiro atoms. The predicted octanol–water partition coefficient (Wildman–Crippen LogP) is 3.55. The van der Waals surface area contributed by atoms with Gasteiger partial charge in [-0.2, -0.15) is 0 Å². The van der Waals surface area contributed by atoms with Gasteiger partial charge in [-0.3, -0.25) is 4.79 Å². The zero-order valence-electron chi connectivity index (χ0n) is 14.4. The van der Waals surface area contributed by atoms with E-state index in [1.165, 1.54) is 26.2 Å². The molecule has 4 nitrogen and oxygen atoms in total. The predicted molar refractivity (Wildman–Crippen MR) is 86.6 cm³/mol. The van der Waals surface area contributed by atoms with Gasteiger partial charge in [0.05, 0.1) is 0 Å². The molecule has 1 rings (SSSR count). The lowest BCUT2D eigenvalue weighted by atomic mass is 9.88. The molecule has 22 heavy (non-hydrogen) atoms. The summed E-state index contributed by atoms with van der Waals surface area (Å²) < 4.78 is 0. The summed E-state index contributed by atoms with van der Waals surface area (Å²) in [6, 6.07) is 0. The summed E-state index contributed by atoms with van der Waals surface area (Å²) in [6.07, 6.45) is 8.88. The van der Waals surface area contributed by atoms with E-state index in [9.17, 15) is 19.2 Å². The molecule has 0 radical (unpaired) electrons. The molecule has 1 aliphatic rings. The lowest BCUT2D eigenvalue weighted by molar-refractivity contribution is -0.131. The Morgan fingerprint density at radius 3 is 1.73 bits per heavy atom. The van der Waals surface area contributed by atoms with Crippen molar-refractivity contribution in [2.75, 3.05) is 0 Å². The summed E-state index contributed by atoms with van der Waals surface area (Å²) >= 11 is 0. The molecule has 0 N–H and O–H groups in total. The van der Waals surface area contributed by atoms with Crippen LogP contribution in [0.2, 0.25) is 0 Å². The van der Waals surface area contributed by atoms with Gasteiger partial charge in [-0.25, -0.2) is 0 Å². The van der Waals surface area contributed by atoms with E-state index in [2.05, 4.69) is 20.8 Å². The number of hydrogen-bond acceptors (Lipinski definition) is 4. The average Bonchev–Trinajstić information content (AvgIpc) is 3.00. The Kier molecular flexibility index (Phi) is 9.07. The largest absolute Gasteiger partial charge is 0.302 e. The Bertz CT molecular complexity index is 351. The first-order valence-electron chi connectivity index (χ1n) is 8.09. The maximum absolute atomic E-state index is 11.7. The highest BCUT2D eigenvalue weighted by Gasteiger charge is 2.22. The number of rotatable bonds is 7. The molecule has 0 aromatic heterocycles. The fourth-order valence-corrected chi connectivity index (χ4v) is 2.33. The molecular weight excluding hydrogens is 280 g/mol. The molecule has 0 atom stereocenters. The van der Waals surface area contributed by atoms with Gasteiger partial charge in [0.15, 0.2) is 0 Å². The van der Waals surface area contributed by atoms with Crippen molar-refractivity contribution < 1.29 is 19.2 Å². The van der Waals surface area contributed by atoms with Crippen LogP contribution in [-0.4, -0.2) is 24.6 Å². The molecule has 0 bridgehead atoms. The highest BCUT2D eigenvalue weighted by Crippen LogP contribution is 2.28. The molecule has 0 aliphatic heterocycles. The summed E-state index contributed by atoms with van der Waals surface area (Å²) in [5.41, 5.74) is -1.03. The number of aldehydes is 3. The van der Waals surface area contributed by atoms with Gasteiger partial charge < -0.3 is 14.4 Å². The average molecular weight is 310 g/mol. The van der Waals surface area contributed by atoms with Gasteiger partial charge >= 0.3 is 0 Å². The Morgan fingerprint density at radius 1 is 0.955 bits per heavy atom. The van der Waals surface area contributed by atoms with Gasteiger partial charge in [-0.15, -0.1) is 0 Å². The van der Waals surface area contributed by atoms with Crippen LogP contribution >= 0.6 is 0 Å². The summed E-state index contributed by atoms with van der Waals surface area (Å²) in [5, 5.41) is 0. The van der Waals surface area contributed by atoms with E-state index >= 15 is 0 Å². The fraction of sp³-hybridized carbons (Fsp3) is 0.778. The third kappa shape index (κ3) is 8.85. The third-order valence-corrected chi connectivity index (χ3v) is 3.92. The lowest BCUT2D eigenvalue weighted by Crippen LogP contribution is -2.21. The number of carbonyl (C=O) groups is 4. The van der Waals surface area contributed by atoms with Crippen LogP contribution in [0.5, 0.6) is 0 Å². The summed E-state index contributed by atoms with van der Waals surface area (Å²) in [4.78, 5) is 41.2. The first-order chi connectivity index (χ1) is 10.2. The Balaban J connectivity index is 0.000000472. The smallest absolute Gasteiger partial charge is 0.140 e. The van der Waals surface area contributed by atoms with Crippen LogP contribution in [-0.2, 0) is 19.2 Å². The summed E-state index contributed by atoms with van der Waals surface area (Å²) in [5.74, 6) is 0.960. The first kappa shape index (κ1) is 20.7. The zero-order chi connectivity index (χ0) is 17.2.